The Hall–Kier alpha value is -1.56. The van der Waals surface area contributed by atoms with Crippen molar-refractivity contribution in [3.63, 3.8) is 0 Å². The van der Waals surface area contributed by atoms with Crippen LogP contribution in [-0.2, 0) is 11.8 Å². The Balaban J connectivity index is 1.99. The molecule has 0 saturated carbocycles. The van der Waals surface area contributed by atoms with E-state index in [2.05, 4.69) is 10.4 Å². The van der Waals surface area contributed by atoms with Gasteiger partial charge in [-0.25, -0.2) is 4.79 Å². The van der Waals surface area contributed by atoms with Gasteiger partial charge in [0.05, 0.1) is 12.2 Å². The van der Waals surface area contributed by atoms with Crippen molar-refractivity contribution >= 4 is 11.8 Å². The Morgan fingerprint density at radius 2 is 2.06 bits per heavy atom. The number of hydrogen-bond acceptors (Lipinski definition) is 3. The van der Waals surface area contributed by atoms with Gasteiger partial charge in [0.1, 0.15) is 0 Å². The van der Waals surface area contributed by atoms with Crippen molar-refractivity contribution in [2.24, 2.45) is 7.05 Å². The summed E-state index contributed by atoms with van der Waals surface area (Å²) in [7, 11) is 1.85. The molecule has 1 aromatic heterocycles. The highest BCUT2D eigenvalue weighted by molar-refractivity contribution is 5.88. The molecule has 0 bridgehead atoms. The van der Waals surface area contributed by atoms with E-state index in [0.29, 0.717) is 18.9 Å². The largest absolute Gasteiger partial charge is 0.372 e. The van der Waals surface area contributed by atoms with Gasteiger partial charge in [0.2, 0.25) is 0 Å². The van der Waals surface area contributed by atoms with Crippen molar-refractivity contribution < 1.29 is 9.53 Å². The molecule has 1 aliphatic heterocycles. The average molecular weight is 252 g/mol. The molecule has 2 amide bonds. The zero-order chi connectivity index (χ0) is 13.3. The lowest BCUT2D eigenvalue weighted by Crippen LogP contribution is -2.49. The molecule has 6 nitrogen and oxygen atoms in total. The first-order chi connectivity index (χ1) is 8.45. The molecule has 0 spiro atoms. The van der Waals surface area contributed by atoms with Gasteiger partial charge in [0, 0.05) is 31.9 Å². The minimum absolute atomic E-state index is 0.0740. The zero-order valence-corrected chi connectivity index (χ0v) is 11.3. The van der Waals surface area contributed by atoms with Crippen LogP contribution in [0.25, 0.3) is 0 Å². The van der Waals surface area contributed by atoms with E-state index in [0.717, 1.165) is 5.69 Å². The van der Waals surface area contributed by atoms with Crippen molar-refractivity contribution in [2.75, 3.05) is 18.4 Å². The molecule has 6 heteroatoms. The lowest BCUT2D eigenvalue weighted by atomic mass is 10.2. The summed E-state index contributed by atoms with van der Waals surface area (Å²) in [6.07, 6.45) is 0.148. The maximum atomic E-state index is 12.1. The summed E-state index contributed by atoms with van der Waals surface area (Å²) < 4.78 is 7.33. The van der Waals surface area contributed by atoms with E-state index in [-0.39, 0.29) is 18.2 Å². The first-order valence-electron chi connectivity index (χ1n) is 6.17. The summed E-state index contributed by atoms with van der Waals surface area (Å²) in [6, 6.07) is 1.74. The van der Waals surface area contributed by atoms with Crippen molar-refractivity contribution in [1.82, 2.24) is 14.7 Å². The van der Waals surface area contributed by atoms with E-state index >= 15 is 0 Å². The Morgan fingerprint density at radius 1 is 1.44 bits per heavy atom. The highest BCUT2D eigenvalue weighted by Crippen LogP contribution is 2.13. The fourth-order valence-electron chi connectivity index (χ4n) is 2.15. The minimum Gasteiger partial charge on any atom is -0.372 e. The van der Waals surface area contributed by atoms with Gasteiger partial charge in [-0.1, -0.05) is 0 Å². The Bertz CT molecular complexity index is 414. The number of nitrogens with one attached hydrogen (secondary N) is 1. The molecule has 18 heavy (non-hydrogen) atoms. The Labute approximate surface area is 107 Å². The van der Waals surface area contributed by atoms with Gasteiger partial charge in [-0.3, -0.25) is 10.00 Å². The monoisotopic (exact) mass is 252 g/mol. The van der Waals surface area contributed by atoms with E-state index < -0.39 is 0 Å². The standard InChI is InChI=1S/C12H20N4O2/c1-8-5-11(14-15(8)4)13-12(17)16-6-9(2)18-10(3)7-16/h5,9-10H,6-7H2,1-4H3,(H,13,14,17). The second-order valence-electron chi connectivity index (χ2n) is 4.89. The molecule has 2 atom stereocenters. The first kappa shape index (κ1) is 12.9. The summed E-state index contributed by atoms with van der Waals surface area (Å²) in [6.45, 7) is 7.12. The second-order valence-corrected chi connectivity index (χ2v) is 4.89. The van der Waals surface area contributed by atoms with Gasteiger partial charge in [-0.2, -0.15) is 5.10 Å². The predicted molar refractivity (Wildman–Crippen MR) is 68.5 cm³/mol. The van der Waals surface area contributed by atoms with Crippen LogP contribution < -0.4 is 5.32 Å². The third-order valence-corrected chi connectivity index (χ3v) is 3.06. The van der Waals surface area contributed by atoms with E-state index in [4.69, 9.17) is 4.74 Å². The highest BCUT2D eigenvalue weighted by Gasteiger charge is 2.26. The van der Waals surface area contributed by atoms with Gasteiger partial charge in [-0.15, -0.1) is 0 Å². The zero-order valence-electron chi connectivity index (χ0n) is 11.3. The molecule has 1 saturated heterocycles. The van der Waals surface area contributed by atoms with Gasteiger partial charge < -0.3 is 9.64 Å². The first-order valence-corrected chi connectivity index (χ1v) is 6.17. The van der Waals surface area contributed by atoms with E-state index in [1.807, 2.05) is 33.9 Å². The molecule has 1 aromatic rings. The summed E-state index contributed by atoms with van der Waals surface area (Å²) in [5.41, 5.74) is 1.01. The number of carbonyl (C=O) groups excluding carboxylic acids is 1. The quantitative estimate of drug-likeness (QED) is 0.821. The van der Waals surface area contributed by atoms with Crippen LogP contribution in [-0.4, -0.2) is 46.0 Å². The Morgan fingerprint density at radius 3 is 2.56 bits per heavy atom. The van der Waals surface area contributed by atoms with Gasteiger partial charge in [0.15, 0.2) is 5.82 Å². The SMILES string of the molecule is Cc1cc(NC(=O)N2CC(C)OC(C)C2)nn1C. The van der Waals surface area contributed by atoms with Crippen LogP contribution >= 0.6 is 0 Å². The summed E-state index contributed by atoms with van der Waals surface area (Å²) in [4.78, 5) is 13.9. The lowest BCUT2D eigenvalue weighted by molar-refractivity contribution is -0.0530. The number of ether oxygens (including phenoxy) is 1. The van der Waals surface area contributed by atoms with Crippen LogP contribution in [0.5, 0.6) is 0 Å². The highest BCUT2D eigenvalue weighted by atomic mass is 16.5. The summed E-state index contributed by atoms with van der Waals surface area (Å²) in [5, 5.41) is 7.02. The van der Waals surface area contributed by atoms with E-state index in [1.54, 1.807) is 9.58 Å². The number of aromatic nitrogens is 2. The molecule has 2 heterocycles. The van der Waals surface area contributed by atoms with Crippen molar-refractivity contribution in [1.29, 1.82) is 0 Å². The number of amides is 2. The normalized spacial score (nSPS) is 24.1. The van der Waals surface area contributed by atoms with Crippen LogP contribution in [0.1, 0.15) is 19.5 Å². The number of urea groups is 1. The molecule has 100 valence electrons. The third kappa shape index (κ3) is 2.81. The van der Waals surface area contributed by atoms with Crippen LogP contribution in [0.4, 0.5) is 10.6 Å². The van der Waals surface area contributed by atoms with Crippen molar-refractivity contribution in [3.8, 4) is 0 Å². The second kappa shape index (κ2) is 4.97. The molecule has 0 aromatic carbocycles. The van der Waals surface area contributed by atoms with Crippen LogP contribution in [0.15, 0.2) is 6.07 Å². The molecule has 0 aliphatic carbocycles. The lowest BCUT2D eigenvalue weighted by Gasteiger charge is -2.35. The Kier molecular flexibility index (Phi) is 3.56. The number of anilines is 1. The molecule has 1 N–H and O–H groups in total. The van der Waals surface area contributed by atoms with E-state index in [9.17, 15) is 4.79 Å². The summed E-state index contributed by atoms with van der Waals surface area (Å²) in [5.74, 6) is 0.590. The van der Waals surface area contributed by atoms with Gasteiger partial charge >= 0.3 is 6.03 Å². The number of morpholine rings is 1. The molecule has 2 unspecified atom stereocenters. The number of rotatable bonds is 1. The maximum absolute atomic E-state index is 12.1. The molecular formula is C12H20N4O2. The van der Waals surface area contributed by atoms with Crippen LogP contribution in [0.2, 0.25) is 0 Å². The molecule has 1 aliphatic rings. The smallest absolute Gasteiger partial charge is 0.323 e. The van der Waals surface area contributed by atoms with Crippen molar-refractivity contribution in [2.45, 2.75) is 33.0 Å². The third-order valence-electron chi connectivity index (χ3n) is 3.06. The fourth-order valence-corrected chi connectivity index (χ4v) is 2.15. The number of aryl methyl sites for hydroxylation is 2. The fraction of sp³-hybridized carbons (Fsp3) is 0.667. The number of nitrogens with zero attached hydrogens (tertiary/aromatic N) is 3. The summed E-state index contributed by atoms with van der Waals surface area (Å²) >= 11 is 0. The van der Waals surface area contributed by atoms with Crippen LogP contribution in [0, 0.1) is 6.92 Å². The van der Waals surface area contributed by atoms with Gasteiger partial charge in [-0.05, 0) is 20.8 Å². The van der Waals surface area contributed by atoms with E-state index in [1.165, 1.54) is 0 Å². The van der Waals surface area contributed by atoms with Crippen LogP contribution in [0.3, 0.4) is 0 Å². The molecular weight excluding hydrogens is 232 g/mol. The predicted octanol–water partition coefficient (Wildman–Crippen LogP) is 1.37. The minimum atomic E-state index is -0.116. The molecule has 1 fully saturated rings. The maximum Gasteiger partial charge on any atom is 0.323 e. The number of carbonyl (C=O) groups is 1. The topological polar surface area (TPSA) is 59.4 Å². The number of hydrogen-bond donors (Lipinski definition) is 1. The molecule has 2 rings (SSSR count). The molecule has 0 radical (unpaired) electrons. The van der Waals surface area contributed by atoms with Crippen molar-refractivity contribution in [3.05, 3.63) is 11.8 Å². The average Bonchev–Trinajstić information content (AvgIpc) is 2.56. The van der Waals surface area contributed by atoms with Gasteiger partial charge in [0.25, 0.3) is 0 Å².